The van der Waals surface area contributed by atoms with Gasteiger partial charge in [0.2, 0.25) is 0 Å². The first-order chi connectivity index (χ1) is 27.7. The molecule has 9 heterocycles. The van der Waals surface area contributed by atoms with Crippen molar-refractivity contribution < 1.29 is 19.5 Å². The molecular formula is C40H24N8S8Zn. The zero-order chi connectivity index (χ0) is 36.5. The first-order valence-electron chi connectivity index (χ1n) is 18.1. The quantitative estimate of drug-likeness (QED) is 0.135. The molecule has 0 spiro atoms. The van der Waals surface area contributed by atoms with Crippen LogP contribution >= 0.6 is 94.1 Å². The van der Waals surface area contributed by atoms with E-state index in [0.29, 0.717) is 45.9 Å². The van der Waals surface area contributed by atoms with E-state index in [1.165, 1.54) is 39.2 Å². The number of aromatic nitrogens is 8. The Morgan fingerprint density at radius 3 is 0.737 bits per heavy atom. The molecule has 57 heavy (non-hydrogen) atoms. The third-order valence-corrected chi connectivity index (χ3v) is 20.4. The largest absolute Gasteiger partial charge is 2.00 e. The Labute approximate surface area is 373 Å². The summed E-state index contributed by atoms with van der Waals surface area (Å²) in [6, 6.07) is 18.0. The van der Waals surface area contributed by atoms with Gasteiger partial charge in [-0.1, -0.05) is 0 Å². The van der Waals surface area contributed by atoms with Crippen LogP contribution in [-0.2, 0) is 19.5 Å². The first kappa shape index (κ1) is 36.5. The van der Waals surface area contributed by atoms with E-state index in [1.807, 2.05) is 94.1 Å². The summed E-state index contributed by atoms with van der Waals surface area (Å²) in [5.74, 6) is 11.0. The molecule has 0 aliphatic carbocycles. The van der Waals surface area contributed by atoms with Crippen molar-refractivity contribution in [3.8, 4) is 45.6 Å². The second kappa shape index (κ2) is 14.4. The van der Waals surface area contributed by atoms with Gasteiger partial charge in [-0.25, -0.2) is 9.97 Å². The van der Waals surface area contributed by atoms with Crippen molar-refractivity contribution in [2.45, 2.75) is 39.2 Å². The van der Waals surface area contributed by atoms with E-state index in [1.54, 1.807) is 0 Å². The number of thioether (sulfide) groups is 8. The Bertz CT molecular complexity index is 2690. The van der Waals surface area contributed by atoms with Crippen LogP contribution in [0.3, 0.4) is 0 Å². The predicted octanol–water partition coefficient (Wildman–Crippen LogP) is 10.9. The molecule has 17 heteroatoms. The number of benzene rings is 4. The minimum absolute atomic E-state index is 0. The van der Waals surface area contributed by atoms with Gasteiger partial charge in [0.1, 0.15) is 0 Å². The van der Waals surface area contributed by atoms with Gasteiger partial charge in [-0.2, -0.15) is 0 Å². The average molecular weight is 939 g/mol. The average Bonchev–Trinajstić information content (AvgIpc) is 3.95. The van der Waals surface area contributed by atoms with Crippen molar-refractivity contribution in [3.05, 3.63) is 48.5 Å². The van der Waals surface area contributed by atoms with Crippen LogP contribution < -0.4 is 9.97 Å². The molecule has 4 aromatic carbocycles. The second-order valence-corrected chi connectivity index (χ2v) is 22.7. The van der Waals surface area contributed by atoms with Gasteiger partial charge in [0.15, 0.2) is 0 Å². The normalized spacial score (nSPS) is 16.6. The van der Waals surface area contributed by atoms with E-state index in [0.717, 1.165) is 89.8 Å². The van der Waals surface area contributed by atoms with Crippen molar-refractivity contribution in [2.24, 2.45) is 0 Å². The van der Waals surface area contributed by atoms with E-state index in [-0.39, 0.29) is 19.5 Å². The molecule has 0 unspecified atom stereocenters. The third kappa shape index (κ3) is 6.07. The maximum absolute atomic E-state index is 5.32. The van der Waals surface area contributed by atoms with Gasteiger partial charge < -0.3 is 29.9 Å². The minimum atomic E-state index is 0. The van der Waals surface area contributed by atoms with Crippen molar-refractivity contribution in [2.75, 3.05) is 46.0 Å². The molecule has 6 aliphatic rings. The van der Waals surface area contributed by atoms with Crippen molar-refractivity contribution in [1.82, 2.24) is 39.9 Å². The molecule has 7 aromatic rings. The number of fused-ring (bicyclic) bond motifs is 24. The standard InChI is InChI=1S/C40H24N8S8.Zn/c1-2-50-26-10-18-17(9-25(26)49-1)33-41-34(18)46-36-21-13-29-30(54-6-5-53-29)14-22(21)38(43-36)48-40-24-16-32-31(55-7-8-56-32)15-23(24)39(44-40)47-37-20-12-28-27(51-3-4-52-28)11-19(20)35(42-37)45-33;/h9-16H,1-8H2;/q-2;+2. The summed E-state index contributed by atoms with van der Waals surface area (Å²) in [5, 5.41) is 3.88. The molecule has 0 atom stereocenters. The Morgan fingerprint density at radius 1 is 0.298 bits per heavy atom. The van der Waals surface area contributed by atoms with Gasteiger partial charge in [0, 0.05) is 130 Å². The van der Waals surface area contributed by atoms with Crippen LogP contribution in [0.25, 0.3) is 89.7 Å². The Hall–Kier alpha value is -2.34. The first-order valence-corrected chi connectivity index (χ1v) is 26.0. The minimum Gasteiger partial charge on any atom is -0.357 e. The Kier molecular flexibility index (Phi) is 9.22. The predicted molar refractivity (Wildman–Crippen MR) is 240 cm³/mol. The zero-order valence-corrected chi connectivity index (χ0v) is 39.3. The van der Waals surface area contributed by atoms with Gasteiger partial charge in [-0.15, -0.1) is 94.1 Å². The van der Waals surface area contributed by atoms with E-state index >= 15 is 0 Å². The molecule has 0 saturated heterocycles. The van der Waals surface area contributed by atoms with Gasteiger partial charge in [-0.05, 0) is 70.1 Å². The molecule has 6 aliphatic heterocycles. The monoisotopic (exact) mass is 936 g/mol. The Morgan fingerprint density at radius 2 is 0.509 bits per heavy atom. The number of rotatable bonds is 0. The maximum atomic E-state index is 5.32. The number of nitrogens with zero attached hydrogens (tertiary/aromatic N) is 8. The Balaban J connectivity index is 0.00000356. The topological polar surface area (TPSA) is 106 Å². The molecule has 0 N–H and O–H groups in total. The summed E-state index contributed by atoms with van der Waals surface area (Å²) in [6.45, 7) is 0. The summed E-state index contributed by atoms with van der Waals surface area (Å²) in [5.41, 5.74) is 6.33. The summed E-state index contributed by atoms with van der Waals surface area (Å²) >= 11 is 15.2. The molecule has 3 aromatic heterocycles. The van der Waals surface area contributed by atoms with Gasteiger partial charge in [0.25, 0.3) is 0 Å². The SMILES string of the molecule is [Zn+2].c1c2c(cc3c1-c1nc-3nc3[n-]c(nc4nc(nc5[n-]c(n1)c1cc6c(cc51)SCCS6)-c1cc5c(cc1-4)SCCS5)c1cc4c(cc31)SCCS4)SCCS2. The van der Waals surface area contributed by atoms with Crippen LogP contribution in [0.1, 0.15) is 0 Å². The molecule has 8 bridgehead atoms. The van der Waals surface area contributed by atoms with Crippen molar-refractivity contribution in [3.63, 3.8) is 0 Å². The summed E-state index contributed by atoms with van der Waals surface area (Å²) < 4.78 is 0. The number of hydrogen-bond acceptors (Lipinski definition) is 14. The molecular weight excluding hydrogens is 914 g/mol. The van der Waals surface area contributed by atoms with E-state index in [4.69, 9.17) is 39.9 Å². The maximum Gasteiger partial charge on any atom is 2.00 e. The summed E-state index contributed by atoms with van der Waals surface area (Å²) in [7, 11) is 0. The van der Waals surface area contributed by atoms with Gasteiger partial charge in [0.05, 0.1) is 23.3 Å². The second-order valence-electron chi connectivity index (χ2n) is 13.6. The molecule has 8 nitrogen and oxygen atoms in total. The van der Waals surface area contributed by atoms with Gasteiger partial charge >= 0.3 is 19.5 Å². The molecule has 274 valence electrons. The van der Waals surface area contributed by atoms with E-state index in [9.17, 15) is 0 Å². The van der Waals surface area contributed by atoms with E-state index in [2.05, 4.69) is 48.5 Å². The van der Waals surface area contributed by atoms with Crippen LogP contribution in [0.2, 0.25) is 0 Å². The van der Waals surface area contributed by atoms with Gasteiger partial charge in [-0.3, -0.25) is 0 Å². The fourth-order valence-electron chi connectivity index (χ4n) is 7.80. The van der Waals surface area contributed by atoms with Crippen LogP contribution in [0, 0.1) is 0 Å². The smallest absolute Gasteiger partial charge is 0.357 e. The molecule has 0 saturated carbocycles. The van der Waals surface area contributed by atoms with Crippen LogP contribution in [-0.4, -0.2) is 75.9 Å². The number of hydrogen-bond donors (Lipinski definition) is 0. The fourth-order valence-corrected chi connectivity index (χ4v) is 16.9. The van der Waals surface area contributed by atoms with Crippen LogP contribution in [0.15, 0.2) is 87.7 Å². The zero-order valence-electron chi connectivity index (χ0n) is 29.8. The molecule has 0 radical (unpaired) electrons. The van der Waals surface area contributed by atoms with Crippen LogP contribution in [0.5, 0.6) is 0 Å². The summed E-state index contributed by atoms with van der Waals surface area (Å²) in [6.07, 6.45) is 0. The molecule has 0 fully saturated rings. The third-order valence-electron chi connectivity index (χ3n) is 10.4. The van der Waals surface area contributed by atoms with Crippen molar-refractivity contribution in [1.29, 1.82) is 0 Å². The summed E-state index contributed by atoms with van der Waals surface area (Å²) in [4.78, 5) is 52.2. The van der Waals surface area contributed by atoms with Crippen LogP contribution in [0.4, 0.5) is 0 Å². The van der Waals surface area contributed by atoms with Crippen molar-refractivity contribution >= 4 is 138 Å². The molecule has 13 rings (SSSR count). The fraction of sp³-hybridized carbons (Fsp3) is 0.200. The molecule has 0 amide bonds. The van der Waals surface area contributed by atoms with E-state index < -0.39 is 0 Å².